The van der Waals surface area contributed by atoms with Crippen LogP contribution in [0.2, 0.25) is 0 Å². The van der Waals surface area contributed by atoms with Crippen molar-refractivity contribution in [3.05, 3.63) is 59.7 Å². The van der Waals surface area contributed by atoms with Gasteiger partial charge >= 0.3 is 5.97 Å². The second-order valence-electron chi connectivity index (χ2n) is 7.40. The van der Waals surface area contributed by atoms with E-state index in [1.54, 1.807) is 11.8 Å². The molecule has 0 spiro atoms. The second kappa shape index (κ2) is 8.47. The van der Waals surface area contributed by atoms with E-state index >= 15 is 0 Å². The first-order valence-electron chi connectivity index (χ1n) is 8.61. The van der Waals surface area contributed by atoms with Crippen LogP contribution >= 0.6 is 24.2 Å². The number of nitrogens with two attached hydrogens (primary N) is 1. The summed E-state index contributed by atoms with van der Waals surface area (Å²) >= 11 is 1.71. The summed E-state index contributed by atoms with van der Waals surface area (Å²) in [6.07, 6.45) is 0. The largest absolute Gasteiger partial charge is 0.459 e. The zero-order valence-corrected chi connectivity index (χ0v) is 17.0. The molecule has 0 fully saturated rings. The third-order valence-electron chi connectivity index (χ3n) is 4.25. The fraction of sp³-hybridized carbons (Fsp3) is 0.381. The van der Waals surface area contributed by atoms with Crippen LogP contribution in [0.3, 0.4) is 0 Å². The van der Waals surface area contributed by atoms with Crippen LogP contribution in [-0.4, -0.2) is 29.1 Å². The molecule has 0 heterocycles. The van der Waals surface area contributed by atoms with E-state index in [0.29, 0.717) is 11.7 Å². The van der Waals surface area contributed by atoms with Crippen LogP contribution < -0.4 is 5.73 Å². The lowest BCUT2D eigenvalue weighted by Crippen LogP contribution is -2.39. The van der Waals surface area contributed by atoms with Gasteiger partial charge in [-0.15, -0.1) is 12.4 Å². The quantitative estimate of drug-likeness (QED) is 0.755. The molecule has 0 amide bonds. The fourth-order valence-electron chi connectivity index (χ4n) is 3.20. The highest BCUT2D eigenvalue weighted by molar-refractivity contribution is 7.99. The summed E-state index contributed by atoms with van der Waals surface area (Å²) in [6, 6.07) is 16.5. The van der Waals surface area contributed by atoms with E-state index in [1.807, 2.05) is 20.8 Å². The van der Waals surface area contributed by atoms with E-state index in [2.05, 4.69) is 48.5 Å². The van der Waals surface area contributed by atoms with Crippen molar-refractivity contribution in [2.24, 2.45) is 5.73 Å². The standard InChI is InChI=1S/C21H25NO2S.ClH/c1-21(2,3)24-20(23)19(22)13-25-12-18-16-10-6-4-8-14(16)15-9-5-7-11-17(15)18;/h4-11,18-19H,12-13,22H2,1-3H3;1H/t19-;/m0./s1. The number of esters is 1. The first-order valence-corrected chi connectivity index (χ1v) is 9.76. The number of hydrogen-bond acceptors (Lipinski definition) is 4. The lowest BCUT2D eigenvalue weighted by Gasteiger charge is -2.22. The number of thioether (sulfide) groups is 1. The van der Waals surface area contributed by atoms with Gasteiger partial charge in [-0.1, -0.05) is 48.5 Å². The SMILES string of the molecule is CC(C)(C)OC(=O)[C@@H](N)CSCC1c2ccccc2-c2ccccc21.Cl. The summed E-state index contributed by atoms with van der Waals surface area (Å²) in [5.74, 6) is 1.50. The van der Waals surface area contributed by atoms with Gasteiger partial charge < -0.3 is 10.5 Å². The summed E-state index contributed by atoms with van der Waals surface area (Å²) in [5.41, 5.74) is 10.9. The van der Waals surface area contributed by atoms with Crippen LogP contribution in [0.5, 0.6) is 0 Å². The van der Waals surface area contributed by atoms with Crippen molar-refractivity contribution in [2.45, 2.75) is 38.3 Å². The molecule has 2 N–H and O–H groups in total. The molecule has 0 saturated heterocycles. The average molecular weight is 392 g/mol. The van der Waals surface area contributed by atoms with Gasteiger partial charge in [-0.3, -0.25) is 4.79 Å². The molecule has 3 nitrogen and oxygen atoms in total. The Kier molecular flexibility index (Phi) is 6.78. The van der Waals surface area contributed by atoms with Crippen LogP contribution in [0, 0.1) is 0 Å². The highest BCUT2D eigenvalue weighted by atomic mass is 35.5. The van der Waals surface area contributed by atoms with Crippen molar-refractivity contribution in [1.29, 1.82) is 0 Å². The van der Waals surface area contributed by atoms with Gasteiger partial charge in [-0.05, 0) is 43.0 Å². The maximum atomic E-state index is 12.0. The Hall–Kier alpha value is -1.49. The average Bonchev–Trinajstić information content (AvgIpc) is 2.88. The number of fused-ring (bicyclic) bond motifs is 3. The zero-order chi connectivity index (χ0) is 18.0. The normalized spacial score (nSPS) is 14.2. The van der Waals surface area contributed by atoms with Gasteiger partial charge in [0.05, 0.1) is 0 Å². The molecule has 1 atom stereocenters. The summed E-state index contributed by atoms with van der Waals surface area (Å²) in [5, 5.41) is 0. The number of benzene rings is 2. The van der Waals surface area contributed by atoms with Gasteiger partial charge in [0.15, 0.2) is 0 Å². The minimum atomic E-state index is -0.587. The molecule has 0 aliphatic heterocycles. The van der Waals surface area contributed by atoms with E-state index in [4.69, 9.17) is 10.5 Å². The Morgan fingerprint density at radius 1 is 1.08 bits per heavy atom. The Balaban J connectivity index is 0.00000243. The van der Waals surface area contributed by atoms with E-state index < -0.39 is 11.6 Å². The molecule has 140 valence electrons. The van der Waals surface area contributed by atoms with E-state index in [1.165, 1.54) is 22.3 Å². The van der Waals surface area contributed by atoms with Gasteiger partial charge in [0.2, 0.25) is 0 Å². The summed E-state index contributed by atoms with van der Waals surface area (Å²) in [7, 11) is 0. The van der Waals surface area contributed by atoms with Crippen molar-refractivity contribution in [2.75, 3.05) is 11.5 Å². The van der Waals surface area contributed by atoms with Crippen molar-refractivity contribution in [3.63, 3.8) is 0 Å². The maximum Gasteiger partial charge on any atom is 0.324 e. The third-order valence-corrected chi connectivity index (χ3v) is 5.42. The minimum absolute atomic E-state index is 0. The number of halogens is 1. The predicted molar refractivity (Wildman–Crippen MR) is 112 cm³/mol. The van der Waals surface area contributed by atoms with Gasteiger partial charge in [-0.25, -0.2) is 0 Å². The number of ether oxygens (including phenoxy) is 1. The lowest BCUT2D eigenvalue weighted by atomic mass is 9.99. The molecule has 0 radical (unpaired) electrons. The molecule has 1 aliphatic rings. The highest BCUT2D eigenvalue weighted by Gasteiger charge is 2.28. The fourth-order valence-corrected chi connectivity index (χ4v) is 4.32. The number of carbonyl (C=O) groups is 1. The zero-order valence-electron chi connectivity index (χ0n) is 15.4. The molecule has 26 heavy (non-hydrogen) atoms. The maximum absolute atomic E-state index is 12.0. The first-order chi connectivity index (χ1) is 11.9. The summed E-state index contributed by atoms with van der Waals surface area (Å²) < 4.78 is 5.36. The molecule has 2 aromatic carbocycles. The van der Waals surface area contributed by atoms with Crippen LogP contribution in [0.4, 0.5) is 0 Å². The molecule has 0 bridgehead atoms. The van der Waals surface area contributed by atoms with Crippen LogP contribution in [0.15, 0.2) is 48.5 Å². The minimum Gasteiger partial charge on any atom is -0.459 e. The number of rotatable bonds is 5. The van der Waals surface area contributed by atoms with E-state index in [-0.39, 0.29) is 18.4 Å². The predicted octanol–water partition coefficient (Wildman–Crippen LogP) is 4.62. The molecule has 5 heteroatoms. The Labute approximate surface area is 166 Å². The first kappa shape index (κ1) is 20.8. The molecule has 0 unspecified atom stereocenters. The van der Waals surface area contributed by atoms with Gasteiger partial charge in [0.1, 0.15) is 11.6 Å². The monoisotopic (exact) mass is 391 g/mol. The Bertz CT molecular complexity index is 727. The van der Waals surface area contributed by atoms with Gasteiger partial charge in [-0.2, -0.15) is 11.8 Å². The van der Waals surface area contributed by atoms with Crippen molar-refractivity contribution >= 4 is 30.1 Å². The van der Waals surface area contributed by atoms with Crippen molar-refractivity contribution in [1.82, 2.24) is 0 Å². The smallest absolute Gasteiger partial charge is 0.324 e. The third kappa shape index (κ3) is 4.61. The Morgan fingerprint density at radius 2 is 1.58 bits per heavy atom. The van der Waals surface area contributed by atoms with Gasteiger partial charge in [0.25, 0.3) is 0 Å². The van der Waals surface area contributed by atoms with Crippen LogP contribution in [0.25, 0.3) is 11.1 Å². The summed E-state index contributed by atoms with van der Waals surface area (Å²) in [6.45, 7) is 5.57. The van der Waals surface area contributed by atoms with Crippen molar-refractivity contribution < 1.29 is 9.53 Å². The number of carbonyl (C=O) groups excluding carboxylic acids is 1. The lowest BCUT2D eigenvalue weighted by molar-refractivity contribution is -0.155. The molecule has 1 aliphatic carbocycles. The van der Waals surface area contributed by atoms with Crippen molar-refractivity contribution in [3.8, 4) is 11.1 Å². The topological polar surface area (TPSA) is 52.3 Å². The second-order valence-corrected chi connectivity index (χ2v) is 8.48. The Morgan fingerprint density at radius 3 is 2.08 bits per heavy atom. The molecule has 0 aromatic heterocycles. The van der Waals surface area contributed by atoms with Gasteiger partial charge in [0, 0.05) is 17.4 Å². The van der Waals surface area contributed by atoms with Crippen LogP contribution in [-0.2, 0) is 9.53 Å². The van der Waals surface area contributed by atoms with E-state index in [9.17, 15) is 4.79 Å². The molecular weight excluding hydrogens is 366 g/mol. The summed E-state index contributed by atoms with van der Waals surface area (Å²) in [4.78, 5) is 12.0. The van der Waals surface area contributed by atoms with Crippen LogP contribution in [0.1, 0.15) is 37.8 Å². The molecule has 0 saturated carbocycles. The molecule has 2 aromatic rings. The molecule has 3 rings (SSSR count). The molecular formula is C21H26ClNO2S. The highest BCUT2D eigenvalue weighted by Crippen LogP contribution is 2.45. The van der Waals surface area contributed by atoms with E-state index in [0.717, 1.165) is 5.75 Å². The number of hydrogen-bond donors (Lipinski definition) is 1.